The molecule has 4 rings (SSSR count). The number of carbonyl (C=O) groups is 2. The maximum Gasteiger partial charge on any atom is 0.321 e. The van der Waals surface area contributed by atoms with Crippen LogP contribution in [0.2, 0.25) is 0 Å². The molecule has 0 bridgehead atoms. The Hall–Kier alpha value is -4.00. The van der Waals surface area contributed by atoms with E-state index in [1.807, 2.05) is 6.92 Å². The van der Waals surface area contributed by atoms with Gasteiger partial charge in [0.1, 0.15) is 22.6 Å². The molecule has 1 heterocycles. The van der Waals surface area contributed by atoms with Gasteiger partial charge in [0.2, 0.25) is 10.0 Å². The van der Waals surface area contributed by atoms with E-state index in [2.05, 4.69) is 5.32 Å². The molecule has 0 aromatic heterocycles. The number of likely N-dealkylation sites (N-methyl/N-ethyl adjacent to an activating group) is 1. The highest BCUT2D eigenvalue weighted by molar-refractivity contribution is 7.89. The van der Waals surface area contributed by atoms with Crippen LogP contribution in [-0.4, -0.2) is 92.6 Å². The standard InChI is InChI=1S/C31H37FN4O6S/c1-20-17-36(21(2)19-37)43(40,41)29-15-14-24(22-10-12-23(13-11-22)30(38)34(3)4)16-27(29)42-28(20)18-35(5)31(39)33-26-9-7-6-8-25(26)32/h6-16,20-21,28,37H,17-19H2,1-5H3,(H,33,39)/t20-,21-,28-/m1/s1. The fourth-order valence-corrected chi connectivity index (χ4v) is 6.64. The molecule has 0 saturated heterocycles. The van der Waals surface area contributed by atoms with Crippen LogP contribution in [0.15, 0.2) is 71.6 Å². The number of hydrogen-bond donors (Lipinski definition) is 2. The Labute approximate surface area is 251 Å². The first-order chi connectivity index (χ1) is 20.3. The molecule has 0 fully saturated rings. The Bertz CT molecular complexity index is 1580. The zero-order chi connectivity index (χ0) is 31.5. The van der Waals surface area contributed by atoms with Crippen LogP contribution in [0.5, 0.6) is 5.75 Å². The van der Waals surface area contributed by atoms with Crippen molar-refractivity contribution in [3.8, 4) is 16.9 Å². The first-order valence-electron chi connectivity index (χ1n) is 13.9. The Balaban J connectivity index is 1.69. The number of fused-ring (bicyclic) bond motifs is 1. The number of para-hydroxylation sites is 1. The molecule has 12 heteroatoms. The highest BCUT2D eigenvalue weighted by atomic mass is 32.2. The summed E-state index contributed by atoms with van der Waals surface area (Å²) >= 11 is 0. The fraction of sp³-hybridized carbons (Fsp3) is 0.355. The van der Waals surface area contributed by atoms with Gasteiger partial charge in [-0.05, 0) is 54.4 Å². The van der Waals surface area contributed by atoms with Crippen LogP contribution in [0.4, 0.5) is 14.9 Å². The zero-order valence-corrected chi connectivity index (χ0v) is 25.6. The molecule has 3 amide bonds. The molecule has 3 atom stereocenters. The monoisotopic (exact) mass is 612 g/mol. The lowest BCUT2D eigenvalue weighted by Crippen LogP contribution is -2.50. The van der Waals surface area contributed by atoms with E-state index in [1.54, 1.807) is 70.5 Å². The van der Waals surface area contributed by atoms with Crippen molar-refractivity contribution in [2.75, 3.05) is 46.2 Å². The highest BCUT2D eigenvalue weighted by Gasteiger charge is 2.38. The van der Waals surface area contributed by atoms with Gasteiger partial charge in [-0.2, -0.15) is 4.31 Å². The number of anilines is 1. The Morgan fingerprint density at radius 1 is 1.07 bits per heavy atom. The van der Waals surface area contributed by atoms with Crippen molar-refractivity contribution in [3.63, 3.8) is 0 Å². The molecule has 230 valence electrons. The molecule has 3 aromatic carbocycles. The number of hydrogen-bond acceptors (Lipinski definition) is 6. The SMILES string of the molecule is C[C@@H]1CN([C@H](C)CO)S(=O)(=O)c2ccc(-c3ccc(C(=O)N(C)C)cc3)cc2O[C@@H]1CN(C)C(=O)Nc1ccccc1F. The Morgan fingerprint density at radius 3 is 2.35 bits per heavy atom. The smallest absolute Gasteiger partial charge is 0.321 e. The third-order valence-corrected chi connectivity index (χ3v) is 9.47. The summed E-state index contributed by atoms with van der Waals surface area (Å²) in [5.41, 5.74) is 1.95. The minimum atomic E-state index is -4.06. The average molecular weight is 613 g/mol. The summed E-state index contributed by atoms with van der Waals surface area (Å²) in [6.45, 7) is 3.16. The molecule has 0 aliphatic carbocycles. The van der Waals surface area contributed by atoms with Gasteiger partial charge in [-0.15, -0.1) is 0 Å². The number of benzene rings is 3. The van der Waals surface area contributed by atoms with Crippen LogP contribution < -0.4 is 10.1 Å². The van der Waals surface area contributed by atoms with Crippen LogP contribution in [0, 0.1) is 11.7 Å². The van der Waals surface area contributed by atoms with E-state index in [0.29, 0.717) is 11.1 Å². The minimum absolute atomic E-state index is 0.0355. The van der Waals surface area contributed by atoms with Crippen LogP contribution >= 0.6 is 0 Å². The molecule has 0 spiro atoms. The number of nitrogens with zero attached hydrogens (tertiary/aromatic N) is 3. The first-order valence-corrected chi connectivity index (χ1v) is 15.3. The van der Waals surface area contributed by atoms with E-state index in [-0.39, 0.29) is 41.9 Å². The largest absolute Gasteiger partial charge is 0.487 e. The quantitative estimate of drug-likeness (QED) is 0.414. The van der Waals surface area contributed by atoms with E-state index in [0.717, 1.165) is 5.56 Å². The predicted molar refractivity (Wildman–Crippen MR) is 162 cm³/mol. The lowest BCUT2D eigenvalue weighted by molar-refractivity contribution is 0.0827. The van der Waals surface area contributed by atoms with E-state index < -0.39 is 39.9 Å². The Morgan fingerprint density at radius 2 is 1.72 bits per heavy atom. The second-order valence-corrected chi connectivity index (χ2v) is 12.8. The van der Waals surface area contributed by atoms with Crippen molar-refractivity contribution in [2.24, 2.45) is 5.92 Å². The van der Waals surface area contributed by atoms with E-state index in [4.69, 9.17) is 4.74 Å². The summed E-state index contributed by atoms with van der Waals surface area (Å²) < 4.78 is 49.4. The number of carbonyl (C=O) groups excluding carboxylic acids is 2. The van der Waals surface area contributed by atoms with Gasteiger partial charge in [-0.3, -0.25) is 4.79 Å². The topological polar surface area (TPSA) is 119 Å². The van der Waals surface area contributed by atoms with Crippen LogP contribution in [-0.2, 0) is 10.0 Å². The molecule has 0 radical (unpaired) electrons. The van der Waals surface area contributed by atoms with Crippen molar-refractivity contribution in [3.05, 3.63) is 78.1 Å². The number of rotatable bonds is 7. The van der Waals surface area contributed by atoms with Crippen molar-refractivity contribution < 1.29 is 32.2 Å². The van der Waals surface area contributed by atoms with Crippen molar-refractivity contribution >= 4 is 27.6 Å². The summed E-state index contributed by atoms with van der Waals surface area (Å²) in [4.78, 5) is 28.0. The number of ether oxygens (including phenoxy) is 1. The number of nitrogens with one attached hydrogen (secondary N) is 1. The second kappa shape index (κ2) is 13.1. The third kappa shape index (κ3) is 6.98. The lowest BCUT2D eigenvalue weighted by Gasteiger charge is -2.37. The number of halogens is 1. The van der Waals surface area contributed by atoms with Gasteiger partial charge < -0.3 is 25.0 Å². The van der Waals surface area contributed by atoms with E-state index in [1.165, 1.54) is 38.4 Å². The Kier molecular flexibility index (Phi) is 9.73. The molecular formula is C31H37FN4O6S. The predicted octanol–water partition coefficient (Wildman–Crippen LogP) is 4.13. The number of aliphatic hydroxyl groups excluding tert-OH is 1. The number of urea groups is 1. The van der Waals surface area contributed by atoms with Gasteiger partial charge in [0.05, 0.1) is 18.8 Å². The normalized spacial score (nSPS) is 18.8. The molecule has 3 aromatic rings. The second-order valence-electron chi connectivity index (χ2n) is 11.0. The average Bonchev–Trinajstić information content (AvgIpc) is 2.99. The number of sulfonamides is 1. The number of aliphatic hydroxyl groups is 1. The molecule has 2 N–H and O–H groups in total. The minimum Gasteiger partial charge on any atom is -0.487 e. The summed E-state index contributed by atoms with van der Waals surface area (Å²) in [6, 6.07) is 16.3. The van der Waals surface area contributed by atoms with Crippen molar-refractivity contribution in [1.29, 1.82) is 0 Å². The molecule has 0 unspecified atom stereocenters. The molecule has 0 saturated carbocycles. The van der Waals surface area contributed by atoms with E-state index in [9.17, 15) is 27.5 Å². The van der Waals surface area contributed by atoms with Gasteiger partial charge in [0.15, 0.2) is 0 Å². The number of amides is 3. The molecular weight excluding hydrogens is 575 g/mol. The fourth-order valence-electron chi connectivity index (χ4n) is 4.81. The maximum absolute atomic E-state index is 14.1. The van der Waals surface area contributed by atoms with Gasteiger partial charge in [0.25, 0.3) is 5.91 Å². The summed E-state index contributed by atoms with van der Waals surface area (Å²) in [6.07, 6.45) is -0.658. The first kappa shape index (κ1) is 31.9. The highest BCUT2D eigenvalue weighted by Crippen LogP contribution is 2.36. The van der Waals surface area contributed by atoms with Crippen molar-refractivity contribution in [1.82, 2.24) is 14.1 Å². The van der Waals surface area contributed by atoms with Gasteiger partial charge >= 0.3 is 6.03 Å². The van der Waals surface area contributed by atoms with Crippen LogP contribution in [0.25, 0.3) is 11.1 Å². The molecule has 1 aliphatic heterocycles. The summed E-state index contributed by atoms with van der Waals surface area (Å²) in [7, 11) is 0.820. The molecule has 1 aliphatic rings. The maximum atomic E-state index is 14.1. The zero-order valence-electron chi connectivity index (χ0n) is 24.8. The molecule has 43 heavy (non-hydrogen) atoms. The van der Waals surface area contributed by atoms with E-state index >= 15 is 0 Å². The summed E-state index contributed by atoms with van der Waals surface area (Å²) in [5, 5.41) is 12.4. The van der Waals surface area contributed by atoms with Crippen LogP contribution in [0.3, 0.4) is 0 Å². The third-order valence-electron chi connectivity index (χ3n) is 7.45. The van der Waals surface area contributed by atoms with Crippen LogP contribution in [0.1, 0.15) is 24.2 Å². The van der Waals surface area contributed by atoms with Gasteiger partial charge in [0, 0.05) is 45.2 Å². The lowest BCUT2D eigenvalue weighted by atomic mass is 10.0. The molecule has 10 nitrogen and oxygen atoms in total. The van der Waals surface area contributed by atoms with Gasteiger partial charge in [-0.25, -0.2) is 17.6 Å². The summed E-state index contributed by atoms with van der Waals surface area (Å²) in [5.74, 6) is -1.02. The van der Waals surface area contributed by atoms with Crippen molar-refractivity contribution in [2.45, 2.75) is 30.9 Å². The van der Waals surface area contributed by atoms with Gasteiger partial charge in [-0.1, -0.05) is 37.3 Å².